The Kier molecular flexibility index (Phi) is 3.25. The lowest BCUT2D eigenvalue weighted by molar-refractivity contribution is -0.152. The van der Waals surface area contributed by atoms with Crippen molar-refractivity contribution in [1.29, 1.82) is 0 Å². The van der Waals surface area contributed by atoms with Crippen LogP contribution in [-0.4, -0.2) is 42.8 Å². The number of carbonyl (C=O) groups is 1. The number of hydrogen-bond donors (Lipinski definition) is 1. The van der Waals surface area contributed by atoms with E-state index < -0.39 is 18.1 Å². The smallest absolute Gasteiger partial charge is 0.309 e. The first-order valence-electron chi connectivity index (χ1n) is 4.59. The van der Waals surface area contributed by atoms with E-state index in [2.05, 4.69) is 4.90 Å². The first-order valence-corrected chi connectivity index (χ1v) is 4.59. The number of hydrogen-bond acceptors (Lipinski definition) is 2. The van der Waals surface area contributed by atoms with Gasteiger partial charge in [0.2, 0.25) is 0 Å². The summed E-state index contributed by atoms with van der Waals surface area (Å²) in [4.78, 5) is 13.1. The Balaban J connectivity index is 2.63. The highest BCUT2D eigenvalue weighted by Crippen LogP contribution is 2.34. The van der Waals surface area contributed by atoms with E-state index in [1.807, 2.05) is 7.05 Å². The molecule has 0 aliphatic carbocycles. The Labute approximate surface area is 77.5 Å². The van der Waals surface area contributed by atoms with Crippen LogP contribution in [0.2, 0.25) is 0 Å². The van der Waals surface area contributed by atoms with E-state index in [0.29, 0.717) is 12.8 Å². The third-order valence-electron chi connectivity index (χ3n) is 2.97. The van der Waals surface area contributed by atoms with Crippen molar-refractivity contribution < 1.29 is 14.3 Å². The molecule has 4 heteroatoms. The Morgan fingerprint density at radius 3 is 2.46 bits per heavy atom. The first kappa shape index (κ1) is 10.4. The van der Waals surface area contributed by atoms with Crippen LogP contribution in [-0.2, 0) is 4.79 Å². The van der Waals surface area contributed by atoms with Crippen molar-refractivity contribution in [3.63, 3.8) is 0 Å². The molecule has 1 aliphatic rings. The van der Waals surface area contributed by atoms with Crippen molar-refractivity contribution in [1.82, 2.24) is 4.90 Å². The second-order valence-electron chi connectivity index (χ2n) is 3.83. The number of halogens is 1. The van der Waals surface area contributed by atoms with E-state index in [0.717, 1.165) is 13.1 Å². The molecule has 13 heavy (non-hydrogen) atoms. The molecule has 0 unspecified atom stereocenters. The maximum absolute atomic E-state index is 12.2. The van der Waals surface area contributed by atoms with Crippen molar-refractivity contribution >= 4 is 5.97 Å². The zero-order chi connectivity index (χ0) is 9.90. The van der Waals surface area contributed by atoms with E-state index in [1.54, 1.807) is 0 Å². The van der Waals surface area contributed by atoms with Crippen LogP contribution in [0, 0.1) is 5.41 Å². The highest BCUT2D eigenvalue weighted by Gasteiger charge is 2.40. The van der Waals surface area contributed by atoms with E-state index >= 15 is 0 Å². The summed E-state index contributed by atoms with van der Waals surface area (Å²) < 4.78 is 12.2. The standard InChI is InChI=1S/C9H16FNO2/c1-11-6-3-9(2-5-10,4-7-11)8(12)13/h2-7H2,1H3,(H,12,13). The molecule has 0 aromatic heterocycles. The Morgan fingerprint density at radius 1 is 1.54 bits per heavy atom. The van der Waals surface area contributed by atoms with Crippen LogP contribution in [0.4, 0.5) is 4.39 Å². The van der Waals surface area contributed by atoms with Crippen LogP contribution < -0.4 is 0 Å². The van der Waals surface area contributed by atoms with Gasteiger partial charge < -0.3 is 10.0 Å². The lowest BCUT2D eigenvalue weighted by Crippen LogP contribution is -2.43. The normalized spacial score (nSPS) is 22.9. The van der Waals surface area contributed by atoms with Crippen molar-refractivity contribution in [2.45, 2.75) is 19.3 Å². The molecule has 3 nitrogen and oxygen atoms in total. The van der Waals surface area contributed by atoms with Crippen molar-refractivity contribution in [2.24, 2.45) is 5.41 Å². The number of likely N-dealkylation sites (tertiary alicyclic amines) is 1. The minimum Gasteiger partial charge on any atom is -0.481 e. The molecule has 0 aromatic rings. The van der Waals surface area contributed by atoms with Gasteiger partial charge in [0.1, 0.15) is 0 Å². The van der Waals surface area contributed by atoms with Gasteiger partial charge in [0.05, 0.1) is 12.1 Å². The fourth-order valence-electron chi connectivity index (χ4n) is 1.80. The third kappa shape index (κ3) is 2.18. The number of nitrogens with zero attached hydrogens (tertiary/aromatic N) is 1. The zero-order valence-electron chi connectivity index (χ0n) is 7.92. The molecule has 1 rings (SSSR count). The maximum atomic E-state index is 12.2. The monoisotopic (exact) mass is 189 g/mol. The molecule has 0 saturated carbocycles. The molecule has 0 radical (unpaired) electrons. The van der Waals surface area contributed by atoms with E-state index in [-0.39, 0.29) is 6.42 Å². The summed E-state index contributed by atoms with van der Waals surface area (Å²) in [6.45, 7) is 0.981. The molecule has 1 aliphatic heterocycles. The van der Waals surface area contributed by atoms with Gasteiger partial charge in [-0.15, -0.1) is 0 Å². The van der Waals surface area contributed by atoms with E-state index in [4.69, 9.17) is 5.11 Å². The van der Waals surface area contributed by atoms with Crippen LogP contribution in [0.3, 0.4) is 0 Å². The van der Waals surface area contributed by atoms with Gasteiger partial charge in [-0.3, -0.25) is 9.18 Å². The van der Waals surface area contributed by atoms with Gasteiger partial charge in [-0.2, -0.15) is 0 Å². The summed E-state index contributed by atoms with van der Waals surface area (Å²) in [5.74, 6) is -0.835. The first-order chi connectivity index (χ1) is 6.10. The quantitative estimate of drug-likeness (QED) is 0.723. The summed E-state index contributed by atoms with van der Waals surface area (Å²) in [6, 6.07) is 0. The van der Waals surface area contributed by atoms with E-state index in [9.17, 15) is 9.18 Å². The fraction of sp³-hybridized carbons (Fsp3) is 0.889. The number of alkyl halides is 1. The number of carboxylic acids is 1. The molecule has 0 spiro atoms. The van der Waals surface area contributed by atoms with Gasteiger partial charge in [-0.1, -0.05) is 0 Å². The van der Waals surface area contributed by atoms with Crippen LogP contribution >= 0.6 is 0 Å². The summed E-state index contributed by atoms with van der Waals surface area (Å²) in [6.07, 6.45) is 1.31. The summed E-state index contributed by atoms with van der Waals surface area (Å²) in [5.41, 5.74) is -0.790. The second kappa shape index (κ2) is 4.05. The Morgan fingerprint density at radius 2 is 2.08 bits per heavy atom. The maximum Gasteiger partial charge on any atom is 0.309 e. The van der Waals surface area contributed by atoms with Crippen molar-refractivity contribution in [2.75, 3.05) is 26.8 Å². The third-order valence-corrected chi connectivity index (χ3v) is 2.97. The largest absolute Gasteiger partial charge is 0.481 e. The average Bonchev–Trinajstić information content (AvgIpc) is 2.09. The van der Waals surface area contributed by atoms with Crippen molar-refractivity contribution in [3.05, 3.63) is 0 Å². The predicted molar refractivity (Wildman–Crippen MR) is 47.4 cm³/mol. The molecular weight excluding hydrogens is 173 g/mol. The lowest BCUT2D eigenvalue weighted by Gasteiger charge is -2.36. The molecule has 0 bridgehead atoms. The molecule has 76 valence electrons. The average molecular weight is 189 g/mol. The van der Waals surface area contributed by atoms with Crippen LogP contribution in [0.5, 0.6) is 0 Å². The van der Waals surface area contributed by atoms with Gasteiger partial charge in [-0.25, -0.2) is 0 Å². The van der Waals surface area contributed by atoms with Gasteiger partial charge in [0, 0.05) is 0 Å². The lowest BCUT2D eigenvalue weighted by atomic mass is 9.76. The second-order valence-corrected chi connectivity index (χ2v) is 3.83. The highest BCUT2D eigenvalue weighted by molar-refractivity contribution is 5.74. The number of rotatable bonds is 3. The Bertz CT molecular complexity index is 188. The zero-order valence-corrected chi connectivity index (χ0v) is 7.92. The molecule has 0 amide bonds. The minimum atomic E-state index is -0.835. The molecule has 1 saturated heterocycles. The predicted octanol–water partition coefficient (Wildman–Crippen LogP) is 1.14. The van der Waals surface area contributed by atoms with Crippen LogP contribution in [0.1, 0.15) is 19.3 Å². The van der Waals surface area contributed by atoms with Crippen LogP contribution in [0.15, 0.2) is 0 Å². The van der Waals surface area contributed by atoms with Crippen LogP contribution in [0.25, 0.3) is 0 Å². The fourth-order valence-corrected chi connectivity index (χ4v) is 1.80. The SMILES string of the molecule is CN1CCC(CCF)(C(=O)O)CC1. The van der Waals surface area contributed by atoms with Gasteiger partial charge in [0.25, 0.3) is 0 Å². The number of carboxylic acid groups (broad SMARTS) is 1. The molecular formula is C9H16FNO2. The minimum absolute atomic E-state index is 0.163. The summed E-state index contributed by atoms with van der Waals surface area (Å²) in [7, 11) is 1.96. The highest BCUT2D eigenvalue weighted by atomic mass is 19.1. The van der Waals surface area contributed by atoms with Gasteiger partial charge >= 0.3 is 5.97 Å². The molecule has 1 fully saturated rings. The Hall–Kier alpha value is -0.640. The topological polar surface area (TPSA) is 40.5 Å². The summed E-state index contributed by atoms with van der Waals surface area (Å²) in [5, 5.41) is 9.02. The summed E-state index contributed by atoms with van der Waals surface area (Å²) >= 11 is 0. The molecule has 1 heterocycles. The van der Waals surface area contributed by atoms with Gasteiger partial charge in [-0.05, 0) is 39.4 Å². The van der Waals surface area contributed by atoms with Crippen molar-refractivity contribution in [3.8, 4) is 0 Å². The van der Waals surface area contributed by atoms with E-state index in [1.165, 1.54) is 0 Å². The van der Waals surface area contributed by atoms with Gasteiger partial charge in [0.15, 0.2) is 0 Å². The molecule has 1 N–H and O–H groups in total. The number of piperidine rings is 1. The number of aliphatic carboxylic acids is 1. The molecule has 0 atom stereocenters. The molecule has 0 aromatic carbocycles.